The highest BCUT2D eigenvalue weighted by atomic mass is 35.5. The third kappa shape index (κ3) is 5.25. The van der Waals surface area contributed by atoms with E-state index in [9.17, 15) is 25.9 Å². The molecule has 1 aliphatic heterocycles. The molecule has 0 saturated carbocycles. The molecule has 2 N–H and O–H groups in total. The number of anilines is 1. The van der Waals surface area contributed by atoms with Crippen molar-refractivity contribution in [3.05, 3.63) is 67.6 Å². The normalized spacial score (nSPS) is 15.9. The fourth-order valence-corrected chi connectivity index (χ4v) is 8.58. The van der Waals surface area contributed by atoms with Crippen molar-refractivity contribution in [2.45, 2.75) is 31.6 Å². The SMILES string of the molecule is CCCc1c(Cl)ccc2sc(C=C(C)C=C3Sc4ccc(Cl)cc4N3S(=O)(=O)O)[n+](S(=O)(=O)O)c12. The monoisotopic (exact) mass is 593 g/mol. The van der Waals surface area contributed by atoms with Crippen LogP contribution >= 0.6 is 46.3 Å². The molecule has 0 spiro atoms. The van der Waals surface area contributed by atoms with Crippen molar-refractivity contribution >= 4 is 88.9 Å². The summed E-state index contributed by atoms with van der Waals surface area (Å²) in [5, 5.41) is 1.06. The van der Waals surface area contributed by atoms with Gasteiger partial charge in [-0.25, -0.2) is 8.86 Å². The van der Waals surface area contributed by atoms with Crippen LogP contribution in [-0.4, -0.2) is 25.9 Å². The number of benzene rings is 2. The van der Waals surface area contributed by atoms with Gasteiger partial charge < -0.3 is 0 Å². The third-order valence-corrected chi connectivity index (χ3v) is 9.67. The first kappa shape index (κ1) is 26.4. The molecule has 3 aromatic rings. The Morgan fingerprint density at radius 3 is 2.49 bits per heavy atom. The first-order valence-corrected chi connectivity index (χ1v) is 15.3. The van der Waals surface area contributed by atoms with Crippen LogP contribution in [0.1, 0.15) is 30.8 Å². The summed E-state index contributed by atoms with van der Waals surface area (Å²) in [4.78, 5) is 0.569. The highest BCUT2D eigenvalue weighted by molar-refractivity contribution is 8.05. The number of fused-ring (bicyclic) bond motifs is 2. The highest BCUT2D eigenvalue weighted by Gasteiger charge is 2.35. The number of rotatable bonds is 6. The molecule has 2 heterocycles. The molecule has 0 atom stereocenters. The van der Waals surface area contributed by atoms with Gasteiger partial charge in [-0.05, 0) is 59.3 Å². The van der Waals surface area contributed by atoms with Crippen LogP contribution in [0.15, 0.2) is 51.9 Å². The maximum absolute atomic E-state index is 12.4. The summed E-state index contributed by atoms with van der Waals surface area (Å²) in [6.07, 6.45) is 4.22. The first-order valence-electron chi connectivity index (χ1n) is 10.1. The lowest BCUT2D eigenvalue weighted by Crippen LogP contribution is -2.44. The van der Waals surface area contributed by atoms with Crippen molar-refractivity contribution in [2.75, 3.05) is 4.31 Å². The van der Waals surface area contributed by atoms with Gasteiger partial charge in [-0.15, -0.1) is 8.42 Å². The number of halogens is 2. The van der Waals surface area contributed by atoms with Crippen LogP contribution in [0, 0.1) is 0 Å². The van der Waals surface area contributed by atoms with Gasteiger partial charge in [0.15, 0.2) is 0 Å². The lowest BCUT2D eigenvalue weighted by atomic mass is 10.1. The van der Waals surface area contributed by atoms with Crippen LogP contribution in [0.4, 0.5) is 5.69 Å². The van der Waals surface area contributed by atoms with Gasteiger partial charge in [0.25, 0.3) is 5.01 Å². The van der Waals surface area contributed by atoms with E-state index in [0.29, 0.717) is 49.1 Å². The Hall–Kier alpha value is -1.64. The molecule has 35 heavy (non-hydrogen) atoms. The van der Waals surface area contributed by atoms with E-state index in [1.54, 1.807) is 31.2 Å². The molecule has 14 heteroatoms. The zero-order valence-electron chi connectivity index (χ0n) is 18.3. The standard InChI is InChI=1S/C21H18Cl2N2O6S4/c1-3-4-14-15(23)6-8-18-21(14)25(35(29,30)31)20(33-18)10-12(2)9-19-24(34(26,27)28)16-11-13(22)5-7-17(16)32-19/h5-11H,3-4H2,1-2H3,(H-,26,27,28,29,30,31)/p+1. The maximum atomic E-state index is 12.4. The van der Waals surface area contributed by atoms with Crippen LogP contribution in [-0.2, 0) is 27.0 Å². The Bertz CT molecular complexity index is 1630. The molecule has 1 aliphatic rings. The molecule has 4 rings (SSSR count). The quantitative estimate of drug-likeness (QED) is 0.276. The molecule has 1 aromatic heterocycles. The van der Waals surface area contributed by atoms with Crippen molar-refractivity contribution in [1.82, 2.24) is 0 Å². The number of hydrogen-bond acceptors (Lipinski definition) is 6. The van der Waals surface area contributed by atoms with E-state index in [1.807, 2.05) is 6.92 Å². The summed E-state index contributed by atoms with van der Waals surface area (Å²) in [5.74, 6) is 0. The summed E-state index contributed by atoms with van der Waals surface area (Å²) in [6.45, 7) is 3.58. The van der Waals surface area contributed by atoms with E-state index in [2.05, 4.69) is 0 Å². The van der Waals surface area contributed by atoms with Crippen LogP contribution in [0.3, 0.4) is 0 Å². The van der Waals surface area contributed by atoms with Gasteiger partial charge in [0.1, 0.15) is 4.70 Å². The predicted molar refractivity (Wildman–Crippen MR) is 141 cm³/mol. The van der Waals surface area contributed by atoms with Crippen molar-refractivity contribution in [1.29, 1.82) is 0 Å². The molecular weight excluding hydrogens is 575 g/mol. The Balaban J connectivity index is 1.88. The zero-order valence-corrected chi connectivity index (χ0v) is 23.0. The number of thioether (sulfide) groups is 1. The van der Waals surface area contributed by atoms with Crippen LogP contribution in [0.5, 0.6) is 0 Å². The van der Waals surface area contributed by atoms with Gasteiger partial charge in [-0.2, -0.15) is 8.42 Å². The first-order chi connectivity index (χ1) is 16.3. The second-order valence-corrected chi connectivity index (χ2v) is 13.1. The summed E-state index contributed by atoms with van der Waals surface area (Å²) < 4.78 is 71.1. The number of nitrogens with zero attached hydrogens (tertiary/aromatic N) is 2. The van der Waals surface area contributed by atoms with Crippen molar-refractivity contribution < 1.29 is 29.9 Å². The molecule has 0 unspecified atom stereocenters. The molecule has 0 fully saturated rings. The summed E-state index contributed by atoms with van der Waals surface area (Å²) in [6, 6.07) is 8.03. The van der Waals surface area contributed by atoms with Crippen molar-refractivity contribution in [3.63, 3.8) is 0 Å². The predicted octanol–water partition coefficient (Wildman–Crippen LogP) is 5.76. The molecular formula is C21H19Cl2N2O6S4+. The van der Waals surface area contributed by atoms with E-state index < -0.39 is 20.6 Å². The van der Waals surface area contributed by atoms with Gasteiger partial charge >= 0.3 is 20.6 Å². The van der Waals surface area contributed by atoms with Gasteiger partial charge in [0.2, 0.25) is 5.52 Å². The number of aromatic nitrogens is 1. The number of thiazole rings is 1. The molecule has 186 valence electrons. The van der Waals surface area contributed by atoms with E-state index in [1.165, 1.54) is 18.2 Å². The number of aryl methyl sites for hydroxylation is 1. The number of hydrogen-bond donors (Lipinski definition) is 2. The van der Waals surface area contributed by atoms with Gasteiger partial charge in [-0.3, -0.25) is 4.55 Å². The minimum atomic E-state index is -4.69. The van der Waals surface area contributed by atoms with Gasteiger partial charge in [0.05, 0.1) is 15.7 Å². The Morgan fingerprint density at radius 2 is 1.86 bits per heavy atom. The van der Waals surface area contributed by atoms with E-state index in [4.69, 9.17) is 23.2 Å². The smallest absolute Gasteiger partial charge is 0.269 e. The summed E-state index contributed by atoms with van der Waals surface area (Å²) >= 11 is 14.6. The van der Waals surface area contributed by atoms with E-state index in [-0.39, 0.29) is 15.7 Å². The second kappa shape index (κ2) is 9.67. The molecule has 2 aromatic carbocycles. The maximum Gasteiger partial charge on any atom is 0.513 e. The molecule has 0 bridgehead atoms. The minimum absolute atomic E-state index is 0.174. The topological polar surface area (TPSA) is 116 Å². The molecule has 0 saturated heterocycles. The minimum Gasteiger partial charge on any atom is -0.269 e. The molecule has 0 aliphatic carbocycles. The highest BCUT2D eigenvalue weighted by Crippen LogP contribution is 2.48. The fourth-order valence-electron chi connectivity index (χ4n) is 3.73. The van der Waals surface area contributed by atoms with Crippen molar-refractivity contribution in [3.8, 4) is 0 Å². The van der Waals surface area contributed by atoms with Gasteiger partial charge in [-0.1, -0.05) is 59.6 Å². The Morgan fingerprint density at radius 1 is 1.14 bits per heavy atom. The molecule has 0 amide bonds. The van der Waals surface area contributed by atoms with E-state index >= 15 is 0 Å². The molecule has 0 radical (unpaired) electrons. The lowest BCUT2D eigenvalue weighted by molar-refractivity contribution is -0.486. The largest absolute Gasteiger partial charge is 0.513 e. The van der Waals surface area contributed by atoms with E-state index in [0.717, 1.165) is 31.4 Å². The number of allylic oxidation sites excluding steroid dienone is 2. The second-order valence-electron chi connectivity index (χ2n) is 7.63. The van der Waals surface area contributed by atoms with Crippen LogP contribution in [0.2, 0.25) is 10.0 Å². The van der Waals surface area contributed by atoms with Crippen LogP contribution < -0.4 is 8.28 Å². The Labute approximate surface area is 221 Å². The average Bonchev–Trinajstić information content (AvgIpc) is 3.27. The summed E-state index contributed by atoms with van der Waals surface area (Å²) in [5.41, 5.74) is 1.58. The fraction of sp³-hybridized carbons (Fsp3) is 0.190. The van der Waals surface area contributed by atoms with Gasteiger partial charge in [0, 0.05) is 21.6 Å². The van der Waals surface area contributed by atoms with Crippen LogP contribution in [0.25, 0.3) is 16.3 Å². The van der Waals surface area contributed by atoms with Crippen molar-refractivity contribution in [2.24, 2.45) is 0 Å². The Kier molecular flexibility index (Phi) is 7.30. The third-order valence-electron chi connectivity index (χ3n) is 5.02. The lowest BCUT2D eigenvalue weighted by Gasteiger charge is -2.16. The zero-order chi connectivity index (χ0) is 25.7. The summed E-state index contributed by atoms with van der Waals surface area (Å²) in [7, 11) is -9.36. The average molecular weight is 595 g/mol. The molecule has 8 nitrogen and oxygen atoms in total.